The maximum Gasteiger partial charge on any atom is 0.0751 e. The lowest BCUT2D eigenvalue weighted by atomic mass is 9.78. The van der Waals surface area contributed by atoms with E-state index in [1.807, 2.05) is 13.8 Å². The highest BCUT2D eigenvalue weighted by atomic mass is 16.3. The van der Waals surface area contributed by atoms with Gasteiger partial charge in [0.2, 0.25) is 0 Å². The molecule has 0 spiro atoms. The molecule has 0 bridgehead atoms. The van der Waals surface area contributed by atoms with Gasteiger partial charge >= 0.3 is 0 Å². The molecular formula is C28H56O3. The number of hydrogen-bond acceptors (Lipinski definition) is 3. The Kier molecular flexibility index (Phi) is 14.5. The topological polar surface area (TPSA) is 60.7 Å². The van der Waals surface area contributed by atoms with Crippen molar-refractivity contribution in [1.82, 2.24) is 0 Å². The minimum Gasteiger partial charge on any atom is -0.390 e. The monoisotopic (exact) mass is 440 g/mol. The molecule has 0 aromatic heterocycles. The molecule has 0 fully saturated rings. The van der Waals surface area contributed by atoms with Gasteiger partial charge in [0.25, 0.3) is 0 Å². The molecule has 1 rings (SSSR count). The Morgan fingerprint density at radius 3 is 2.03 bits per heavy atom. The van der Waals surface area contributed by atoms with E-state index in [1.165, 1.54) is 24.8 Å². The van der Waals surface area contributed by atoms with Gasteiger partial charge in [-0.05, 0) is 83.0 Å². The fraction of sp³-hybridized carbons (Fsp3) is 0.929. The summed E-state index contributed by atoms with van der Waals surface area (Å²) < 4.78 is 0. The minimum atomic E-state index is -0.624. The number of allylic oxidation sites excluding steroid dienone is 1. The van der Waals surface area contributed by atoms with Crippen molar-refractivity contribution in [3.63, 3.8) is 0 Å². The molecule has 186 valence electrons. The van der Waals surface area contributed by atoms with Gasteiger partial charge in [-0.15, -0.1) is 0 Å². The van der Waals surface area contributed by atoms with Crippen LogP contribution in [0.1, 0.15) is 132 Å². The maximum absolute atomic E-state index is 10.7. The van der Waals surface area contributed by atoms with Gasteiger partial charge in [0.05, 0.1) is 17.3 Å². The number of hydrogen-bond donors (Lipinski definition) is 3. The predicted octanol–water partition coefficient (Wildman–Crippen LogP) is 7.42. The van der Waals surface area contributed by atoms with Crippen molar-refractivity contribution >= 4 is 0 Å². The number of rotatable bonds is 15. The standard InChI is InChI=1S/C27H52O3.CH4/c1-7-8-9-15-26(5,29)17-11-18-27(6,30)16-10-12-21(2)13-14-24-19-22(3)23(4)25(28)20-24;/h20-23,25,28-30H,7-19H2,1-6H3;1H4. The molecule has 6 atom stereocenters. The first kappa shape index (κ1) is 30.6. The van der Waals surface area contributed by atoms with Crippen LogP contribution in [0, 0.1) is 17.8 Å². The summed E-state index contributed by atoms with van der Waals surface area (Å²) in [6.07, 6.45) is 15.0. The zero-order valence-electron chi connectivity index (χ0n) is 20.9. The molecule has 3 heteroatoms. The van der Waals surface area contributed by atoms with Crippen LogP contribution in [0.4, 0.5) is 0 Å². The highest BCUT2D eigenvalue weighted by molar-refractivity contribution is 5.11. The first-order chi connectivity index (χ1) is 14.0. The molecule has 3 N–H and O–H groups in total. The Morgan fingerprint density at radius 1 is 0.935 bits per heavy atom. The van der Waals surface area contributed by atoms with Crippen molar-refractivity contribution in [3.05, 3.63) is 11.6 Å². The molecule has 0 aromatic rings. The van der Waals surface area contributed by atoms with Crippen LogP contribution in [-0.4, -0.2) is 32.6 Å². The number of aliphatic hydroxyl groups is 3. The van der Waals surface area contributed by atoms with E-state index in [0.29, 0.717) is 17.8 Å². The summed E-state index contributed by atoms with van der Waals surface area (Å²) in [5.74, 6) is 1.58. The lowest BCUT2D eigenvalue weighted by molar-refractivity contribution is 0.0107. The van der Waals surface area contributed by atoms with Crippen LogP contribution in [0.2, 0.25) is 0 Å². The van der Waals surface area contributed by atoms with Crippen LogP contribution in [0.3, 0.4) is 0 Å². The van der Waals surface area contributed by atoms with E-state index in [-0.39, 0.29) is 13.5 Å². The Morgan fingerprint density at radius 2 is 1.48 bits per heavy atom. The van der Waals surface area contributed by atoms with E-state index in [0.717, 1.165) is 64.2 Å². The van der Waals surface area contributed by atoms with Gasteiger partial charge in [0.1, 0.15) is 0 Å². The highest BCUT2D eigenvalue weighted by Crippen LogP contribution is 2.33. The first-order valence-corrected chi connectivity index (χ1v) is 12.8. The summed E-state index contributed by atoms with van der Waals surface area (Å²) in [7, 11) is 0. The smallest absolute Gasteiger partial charge is 0.0751 e. The van der Waals surface area contributed by atoms with Crippen molar-refractivity contribution in [2.45, 2.75) is 150 Å². The summed E-state index contributed by atoms with van der Waals surface area (Å²) in [4.78, 5) is 0. The molecule has 0 heterocycles. The van der Waals surface area contributed by atoms with Gasteiger partial charge in [-0.1, -0.05) is 78.9 Å². The second-order valence-corrected chi connectivity index (χ2v) is 11.2. The Labute approximate surface area is 194 Å². The number of unbranched alkanes of at least 4 members (excludes halogenated alkanes) is 2. The average molecular weight is 441 g/mol. The summed E-state index contributed by atoms with van der Waals surface area (Å²) in [6.45, 7) is 12.8. The highest BCUT2D eigenvalue weighted by Gasteiger charge is 2.26. The molecule has 0 radical (unpaired) electrons. The van der Waals surface area contributed by atoms with Gasteiger partial charge < -0.3 is 15.3 Å². The molecule has 0 aliphatic heterocycles. The normalized spacial score (nSPS) is 26.4. The fourth-order valence-corrected chi connectivity index (χ4v) is 4.85. The van der Waals surface area contributed by atoms with Crippen molar-refractivity contribution in [1.29, 1.82) is 0 Å². The van der Waals surface area contributed by atoms with E-state index in [4.69, 9.17) is 0 Å². The van der Waals surface area contributed by atoms with E-state index in [1.54, 1.807) is 0 Å². The van der Waals surface area contributed by atoms with Crippen LogP contribution in [0.5, 0.6) is 0 Å². The van der Waals surface area contributed by atoms with Crippen LogP contribution in [0.15, 0.2) is 11.6 Å². The second-order valence-electron chi connectivity index (χ2n) is 11.2. The second kappa shape index (κ2) is 14.7. The van der Waals surface area contributed by atoms with E-state index in [2.05, 4.69) is 33.8 Å². The fourth-order valence-electron chi connectivity index (χ4n) is 4.85. The maximum atomic E-state index is 10.7. The summed E-state index contributed by atoms with van der Waals surface area (Å²) in [6, 6.07) is 0. The third-order valence-corrected chi connectivity index (χ3v) is 7.55. The van der Waals surface area contributed by atoms with Gasteiger partial charge in [0, 0.05) is 0 Å². The predicted molar refractivity (Wildman–Crippen MR) is 135 cm³/mol. The van der Waals surface area contributed by atoms with Crippen molar-refractivity contribution in [2.75, 3.05) is 0 Å². The minimum absolute atomic E-state index is 0. The molecule has 0 saturated heterocycles. The molecule has 0 saturated carbocycles. The van der Waals surface area contributed by atoms with Gasteiger partial charge in [-0.25, -0.2) is 0 Å². The first-order valence-electron chi connectivity index (χ1n) is 12.8. The number of aliphatic hydroxyl groups excluding tert-OH is 1. The zero-order chi connectivity index (χ0) is 22.8. The van der Waals surface area contributed by atoms with Crippen molar-refractivity contribution in [3.8, 4) is 0 Å². The lowest BCUT2D eigenvalue weighted by Gasteiger charge is -2.30. The summed E-state index contributed by atoms with van der Waals surface area (Å²) in [5.41, 5.74) is 0.218. The Balaban J connectivity index is 0.00000900. The van der Waals surface area contributed by atoms with E-state index < -0.39 is 11.2 Å². The SMILES string of the molecule is C.CCCCCC(C)(O)CCCC(C)(O)CCCC(C)CCC1=CC(O)C(C)C(C)C1. The van der Waals surface area contributed by atoms with Crippen LogP contribution in [0.25, 0.3) is 0 Å². The average Bonchev–Trinajstić information content (AvgIpc) is 2.64. The quantitative estimate of drug-likeness (QED) is 0.183. The molecule has 3 nitrogen and oxygen atoms in total. The molecule has 0 aromatic carbocycles. The van der Waals surface area contributed by atoms with Crippen LogP contribution < -0.4 is 0 Å². The molecule has 0 amide bonds. The molecular weight excluding hydrogens is 384 g/mol. The third-order valence-electron chi connectivity index (χ3n) is 7.55. The molecule has 31 heavy (non-hydrogen) atoms. The van der Waals surface area contributed by atoms with Gasteiger partial charge in [0.15, 0.2) is 0 Å². The van der Waals surface area contributed by atoms with Crippen LogP contribution >= 0.6 is 0 Å². The Bertz CT molecular complexity index is 494. The summed E-state index contributed by atoms with van der Waals surface area (Å²) >= 11 is 0. The van der Waals surface area contributed by atoms with E-state index >= 15 is 0 Å². The van der Waals surface area contributed by atoms with Gasteiger partial charge in [-0.3, -0.25) is 0 Å². The van der Waals surface area contributed by atoms with Crippen molar-refractivity contribution in [2.24, 2.45) is 17.8 Å². The lowest BCUT2D eigenvalue weighted by Crippen LogP contribution is -2.28. The molecule has 6 unspecified atom stereocenters. The van der Waals surface area contributed by atoms with E-state index in [9.17, 15) is 15.3 Å². The molecule has 1 aliphatic rings. The van der Waals surface area contributed by atoms with Crippen LogP contribution in [-0.2, 0) is 0 Å². The zero-order valence-corrected chi connectivity index (χ0v) is 20.9. The summed E-state index contributed by atoms with van der Waals surface area (Å²) in [5, 5.41) is 31.4. The molecule has 1 aliphatic carbocycles. The van der Waals surface area contributed by atoms with Gasteiger partial charge in [-0.2, -0.15) is 0 Å². The largest absolute Gasteiger partial charge is 0.390 e. The Hall–Kier alpha value is -0.380. The third kappa shape index (κ3) is 13.0. The van der Waals surface area contributed by atoms with Crippen molar-refractivity contribution < 1.29 is 15.3 Å².